The van der Waals surface area contributed by atoms with Gasteiger partial charge in [0.25, 0.3) is 5.91 Å². The fraction of sp³-hybridized carbons (Fsp3) is 0.267. The van der Waals surface area contributed by atoms with E-state index in [-0.39, 0.29) is 11.9 Å². The Kier molecular flexibility index (Phi) is 3.98. The van der Waals surface area contributed by atoms with Crippen LogP contribution in [0.5, 0.6) is 0 Å². The van der Waals surface area contributed by atoms with Crippen molar-refractivity contribution in [1.29, 1.82) is 0 Å². The standard InChI is InChI=1S/C15H13Br2NO2/c16-11-4-1-3-10(9-11)12-5-2-8-18(12)15(19)13-6-7-14(17)20-13/h1,3-4,6-7,9,12H,2,5,8H2. The van der Waals surface area contributed by atoms with Gasteiger partial charge in [-0.15, -0.1) is 0 Å². The monoisotopic (exact) mass is 397 g/mol. The van der Waals surface area contributed by atoms with Crippen molar-refractivity contribution < 1.29 is 9.21 Å². The molecule has 3 rings (SSSR count). The van der Waals surface area contributed by atoms with Gasteiger partial charge >= 0.3 is 0 Å². The molecule has 20 heavy (non-hydrogen) atoms. The van der Waals surface area contributed by atoms with Gasteiger partial charge in [-0.3, -0.25) is 4.79 Å². The van der Waals surface area contributed by atoms with E-state index >= 15 is 0 Å². The molecule has 1 amide bonds. The van der Waals surface area contributed by atoms with Crippen LogP contribution in [-0.2, 0) is 0 Å². The molecular weight excluding hydrogens is 386 g/mol. The molecule has 1 aromatic carbocycles. The van der Waals surface area contributed by atoms with Crippen LogP contribution in [0.15, 0.2) is 50.0 Å². The van der Waals surface area contributed by atoms with Gasteiger partial charge in [0.15, 0.2) is 10.4 Å². The van der Waals surface area contributed by atoms with Crippen molar-refractivity contribution in [3.63, 3.8) is 0 Å². The topological polar surface area (TPSA) is 33.5 Å². The summed E-state index contributed by atoms with van der Waals surface area (Å²) in [6.45, 7) is 0.772. The second kappa shape index (κ2) is 5.74. The van der Waals surface area contributed by atoms with Crippen LogP contribution in [-0.4, -0.2) is 17.4 Å². The van der Waals surface area contributed by atoms with Gasteiger partial charge in [0.05, 0.1) is 6.04 Å². The van der Waals surface area contributed by atoms with Crippen LogP contribution >= 0.6 is 31.9 Å². The zero-order chi connectivity index (χ0) is 14.1. The van der Waals surface area contributed by atoms with Gasteiger partial charge in [0.1, 0.15) is 0 Å². The van der Waals surface area contributed by atoms with Crippen molar-refractivity contribution in [3.8, 4) is 0 Å². The molecule has 1 aromatic heterocycles. The number of carbonyl (C=O) groups is 1. The molecule has 5 heteroatoms. The van der Waals surface area contributed by atoms with E-state index in [1.807, 2.05) is 17.0 Å². The van der Waals surface area contributed by atoms with Crippen LogP contribution < -0.4 is 0 Å². The highest BCUT2D eigenvalue weighted by molar-refractivity contribution is 9.10. The second-order valence-electron chi connectivity index (χ2n) is 4.82. The number of likely N-dealkylation sites (tertiary alicyclic amines) is 1. The molecule has 0 saturated carbocycles. The molecule has 0 radical (unpaired) electrons. The maximum absolute atomic E-state index is 12.5. The van der Waals surface area contributed by atoms with Crippen molar-refractivity contribution in [2.75, 3.05) is 6.54 Å². The molecule has 104 valence electrons. The van der Waals surface area contributed by atoms with E-state index in [4.69, 9.17) is 4.42 Å². The molecule has 0 N–H and O–H groups in total. The van der Waals surface area contributed by atoms with Crippen LogP contribution in [0, 0.1) is 0 Å². The lowest BCUT2D eigenvalue weighted by molar-refractivity contribution is 0.0702. The number of hydrogen-bond donors (Lipinski definition) is 0. The molecule has 1 unspecified atom stereocenters. The lowest BCUT2D eigenvalue weighted by Crippen LogP contribution is -2.30. The van der Waals surface area contributed by atoms with Crippen molar-refractivity contribution >= 4 is 37.8 Å². The lowest BCUT2D eigenvalue weighted by atomic mass is 10.0. The Morgan fingerprint density at radius 2 is 2.10 bits per heavy atom. The number of amides is 1. The molecule has 1 fully saturated rings. The number of nitrogens with zero attached hydrogens (tertiary/aromatic N) is 1. The molecule has 1 aliphatic rings. The van der Waals surface area contributed by atoms with Gasteiger partial charge < -0.3 is 9.32 Å². The van der Waals surface area contributed by atoms with Gasteiger partial charge in [-0.05, 0) is 58.6 Å². The molecular formula is C15H13Br2NO2. The predicted octanol–water partition coefficient (Wildman–Crippen LogP) is 4.78. The van der Waals surface area contributed by atoms with Crippen LogP contribution in [0.2, 0.25) is 0 Å². The Labute approximate surface area is 134 Å². The maximum Gasteiger partial charge on any atom is 0.290 e. The summed E-state index contributed by atoms with van der Waals surface area (Å²) in [7, 11) is 0. The molecule has 1 atom stereocenters. The summed E-state index contributed by atoms with van der Waals surface area (Å²) in [5.74, 6) is 0.344. The largest absolute Gasteiger partial charge is 0.444 e. The molecule has 0 bridgehead atoms. The van der Waals surface area contributed by atoms with E-state index in [0.717, 1.165) is 29.4 Å². The van der Waals surface area contributed by atoms with Crippen LogP contribution in [0.3, 0.4) is 0 Å². The number of halogens is 2. The summed E-state index contributed by atoms with van der Waals surface area (Å²) in [6.07, 6.45) is 2.01. The van der Waals surface area contributed by atoms with E-state index in [2.05, 4.69) is 44.0 Å². The Morgan fingerprint density at radius 1 is 1.25 bits per heavy atom. The van der Waals surface area contributed by atoms with Crippen LogP contribution in [0.1, 0.15) is 35.0 Å². The minimum atomic E-state index is -0.0434. The highest BCUT2D eigenvalue weighted by Gasteiger charge is 2.32. The predicted molar refractivity (Wildman–Crippen MR) is 83.6 cm³/mol. The first-order valence-electron chi connectivity index (χ1n) is 6.47. The zero-order valence-corrected chi connectivity index (χ0v) is 13.9. The van der Waals surface area contributed by atoms with E-state index in [1.54, 1.807) is 12.1 Å². The highest BCUT2D eigenvalue weighted by atomic mass is 79.9. The first kappa shape index (κ1) is 13.9. The molecule has 0 spiro atoms. The molecule has 1 aliphatic heterocycles. The smallest absolute Gasteiger partial charge is 0.290 e. The first-order valence-corrected chi connectivity index (χ1v) is 8.05. The minimum absolute atomic E-state index is 0.0434. The Morgan fingerprint density at radius 3 is 2.80 bits per heavy atom. The van der Waals surface area contributed by atoms with Crippen molar-refractivity contribution in [3.05, 3.63) is 56.9 Å². The molecule has 1 saturated heterocycles. The number of rotatable bonds is 2. The fourth-order valence-electron chi connectivity index (χ4n) is 2.64. The third-order valence-electron chi connectivity index (χ3n) is 3.53. The third kappa shape index (κ3) is 2.69. The van der Waals surface area contributed by atoms with E-state index < -0.39 is 0 Å². The average Bonchev–Trinajstić information content (AvgIpc) is 3.06. The van der Waals surface area contributed by atoms with Gasteiger partial charge in [-0.25, -0.2) is 0 Å². The number of carbonyl (C=O) groups excluding carboxylic acids is 1. The van der Waals surface area contributed by atoms with Gasteiger partial charge in [0.2, 0.25) is 0 Å². The first-order chi connectivity index (χ1) is 9.65. The number of benzene rings is 1. The zero-order valence-electron chi connectivity index (χ0n) is 10.7. The summed E-state index contributed by atoms with van der Waals surface area (Å²) < 4.78 is 7.00. The van der Waals surface area contributed by atoms with Crippen molar-refractivity contribution in [1.82, 2.24) is 4.90 Å². The summed E-state index contributed by atoms with van der Waals surface area (Å²) in [5, 5.41) is 0. The van der Waals surface area contributed by atoms with E-state index in [9.17, 15) is 4.79 Å². The molecule has 2 heterocycles. The molecule has 2 aromatic rings. The van der Waals surface area contributed by atoms with Gasteiger partial charge in [0, 0.05) is 11.0 Å². The van der Waals surface area contributed by atoms with Crippen LogP contribution in [0.4, 0.5) is 0 Å². The summed E-state index contributed by atoms with van der Waals surface area (Å²) in [6, 6.07) is 11.7. The third-order valence-corrected chi connectivity index (χ3v) is 4.45. The quantitative estimate of drug-likeness (QED) is 0.729. The van der Waals surface area contributed by atoms with Gasteiger partial charge in [-0.1, -0.05) is 28.1 Å². The summed E-state index contributed by atoms with van der Waals surface area (Å²) in [5.41, 5.74) is 1.16. The van der Waals surface area contributed by atoms with Crippen molar-refractivity contribution in [2.45, 2.75) is 18.9 Å². The Balaban J connectivity index is 1.87. The molecule has 3 nitrogen and oxygen atoms in total. The average molecular weight is 399 g/mol. The summed E-state index contributed by atoms with van der Waals surface area (Å²) >= 11 is 6.72. The fourth-order valence-corrected chi connectivity index (χ4v) is 3.36. The summed E-state index contributed by atoms with van der Waals surface area (Å²) in [4.78, 5) is 14.4. The highest BCUT2D eigenvalue weighted by Crippen LogP contribution is 2.34. The lowest BCUT2D eigenvalue weighted by Gasteiger charge is -2.24. The number of hydrogen-bond acceptors (Lipinski definition) is 2. The minimum Gasteiger partial charge on any atom is -0.444 e. The SMILES string of the molecule is O=C(c1ccc(Br)o1)N1CCCC1c1cccc(Br)c1. The van der Waals surface area contributed by atoms with Gasteiger partial charge in [-0.2, -0.15) is 0 Å². The Bertz CT molecular complexity index is 638. The normalized spacial score (nSPS) is 18.5. The van der Waals surface area contributed by atoms with E-state index in [1.165, 1.54) is 0 Å². The number of furan rings is 1. The Hall–Kier alpha value is -1.07. The van der Waals surface area contributed by atoms with Crippen LogP contribution in [0.25, 0.3) is 0 Å². The maximum atomic E-state index is 12.5. The second-order valence-corrected chi connectivity index (χ2v) is 6.51. The molecule has 0 aliphatic carbocycles. The van der Waals surface area contributed by atoms with Crippen molar-refractivity contribution in [2.24, 2.45) is 0 Å². The van der Waals surface area contributed by atoms with E-state index in [0.29, 0.717) is 10.4 Å².